The summed E-state index contributed by atoms with van der Waals surface area (Å²) in [6.07, 6.45) is 0.874. The molecule has 1 amide bonds. The predicted molar refractivity (Wildman–Crippen MR) is 90.8 cm³/mol. The monoisotopic (exact) mass is 379 g/mol. The maximum absolute atomic E-state index is 12.3. The third kappa shape index (κ3) is 3.82. The van der Waals surface area contributed by atoms with E-state index in [4.69, 9.17) is 0 Å². The summed E-state index contributed by atoms with van der Waals surface area (Å²) in [6, 6.07) is 16.0. The van der Waals surface area contributed by atoms with Crippen LogP contribution < -0.4 is 5.32 Å². The van der Waals surface area contributed by atoms with Crippen LogP contribution in [0.1, 0.15) is 40.9 Å². The molecule has 0 aliphatic rings. The van der Waals surface area contributed by atoms with Crippen molar-refractivity contribution in [3.8, 4) is 0 Å². The summed E-state index contributed by atoms with van der Waals surface area (Å²) in [4.78, 5) is 12.3. The Hall–Kier alpha value is -1.36. The minimum Gasteiger partial charge on any atom is -0.345 e. The number of aryl methyl sites for hydroxylation is 1. The lowest BCUT2D eigenvalue weighted by atomic mass is 10.0. The van der Waals surface area contributed by atoms with Gasteiger partial charge in [-0.2, -0.15) is 0 Å². The van der Waals surface area contributed by atoms with Gasteiger partial charge in [0, 0.05) is 9.13 Å². The van der Waals surface area contributed by atoms with E-state index >= 15 is 0 Å². The van der Waals surface area contributed by atoms with Gasteiger partial charge in [-0.1, -0.05) is 36.8 Å². The molecule has 0 aliphatic carbocycles. The summed E-state index contributed by atoms with van der Waals surface area (Å²) >= 11 is 2.23. The molecule has 0 fully saturated rings. The maximum Gasteiger partial charge on any atom is 0.251 e. The van der Waals surface area contributed by atoms with E-state index < -0.39 is 0 Å². The van der Waals surface area contributed by atoms with Crippen molar-refractivity contribution in [1.82, 2.24) is 5.32 Å². The highest BCUT2D eigenvalue weighted by molar-refractivity contribution is 14.1. The molecule has 0 saturated heterocycles. The van der Waals surface area contributed by atoms with Crippen LogP contribution in [0.5, 0.6) is 0 Å². The Labute approximate surface area is 133 Å². The molecule has 3 heteroatoms. The van der Waals surface area contributed by atoms with Crippen LogP contribution >= 0.6 is 22.6 Å². The lowest BCUT2D eigenvalue weighted by Gasteiger charge is -2.17. The van der Waals surface area contributed by atoms with E-state index in [1.54, 1.807) is 0 Å². The van der Waals surface area contributed by atoms with Gasteiger partial charge in [-0.15, -0.1) is 0 Å². The molecule has 0 aromatic heterocycles. The highest BCUT2D eigenvalue weighted by Gasteiger charge is 2.13. The first-order valence-corrected chi connectivity index (χ1v) is 7.81. The van der Waals surface area contributed by atoms with Crippen LogP contribution in [0.25, 0.3) is 0 Å². The molecule has 2 aromatic carbocycles. The third-order valence-corrected chi connectivity index (χ3v) is 4.02. The number of hydrogen-bond donors (Lipinski definition) is 1. The smallest absolute Gasteiger partial charge is 0.251 e. The van der Waals surface area contributed by atoms with Crippen LogP contribution in [0, 0.1) is 10.5 Å². The lowest BCUT2D eigenvalue weighted by Crippen LogP contribution is -2.28. The number of carbonyl (C=O) groups is 1. The van der Waals surface area contributed by atoms with Gasteiger partial charge in [0.15, 0.2) is 0 Å². The van der Waals surface area contributed by atoms with E-state index in [0.717, 1.165) is 15.6 Å². The fourth-order valence-electron chi connectivity index (χ4n) is 2.06. The standard InChI is InChI=1S/C17H18INO/c1-3-16(13-6-4-12(2)5-7-13)19-17(20)14-8-10-15(18)11-9-14/h4-11,16H,3H2,1-2H3,(H,19,20)/t16-/m1/s1. The first kappa shape index (κ1) is 15.0. The van der Waals surface area contributed by atoms with Crippen LogP contribution in [0.3, 0.4) is 0 Å². The molecule has 1 N–H and O–H groups in total. The average molecular weight is 379 g/mol. The first-order valence-electron chi connectivity index (χ1n) is 6.73. The van der Waals surface area contributed by atoms with Gasteiger partial charge in [-0.25, -0.2) is 0 Å². The summed E-state index contributed by atoms with van der Waals surface area (Å²) in [6.45, 7) is 4.15. The molecule has 0 radical (unpaired) electrons. The van der Waals surface area contributed by atoms with Crippen LogP contribution in [-0.2, 0) is 0 Å². The molecule has 20 heavy (non-hydrogen) atoms. The summed E-state index contributed by atoms with van der Waals surface area (Å²) in [5.41, 5.74) is 3.08. The van der Waals surface area contributed by atoms with Crippen LogP contribution in [-0.4, -0.2) is 5.91 Å². The zero-order valence-electron chi connectivity index (χ0n) is 11.7. The van der Waals surface area contributed by atoms with Gasteiger partial charge in [0.2, 0.25) is 0 Å². The second-order valence-electron chi connectivity index (χ2n) is 4.85. The number of benzene rings is 2. The van der Waals surface area contributed by atoms with Crippen molar-refractivity contribution in [2.75, 3.05) is 0 Å². The highest BCUT2D eigenvalue weighted by atomic mass is 127. The van der Waals surface area contributed by atoms with E-state index in [-0.39, 0.29) is 11.9 Å². The van der Waals surface area contributed by atoms with Crippen molar-refractivity contribution in [3.63, 3.8) is 0 Å². The topological polar surface area (TPSA) is 29.1 Å². The molecule has 2 aromatic rings. The Morgan fingerprint density at radius 3 is 2.25 bits per heavy atom. The highest BCUT2D eigenvalue weighted by Crippen LogP contribution is 2.18. The van der Waals surface area contributed by atoms with Gasteiger partial charge in [0.05, 0.1) is 6.04 Å². The average Bonchev–Trinajstić information content (AvgIpc) is 2.46. The second kappa shape index (κ2) is 6.88. The molecule has 2 nitrogen and oxygen atoms in total. The zero-order valence-corrected chi connectivity index (χ0v) is 13.8. The van der Waals surface area contributed by atoms with E-state index in [9.17, 15) is 4.79 Å². The molecule has 104 valence electrons. The van der Waals surface area contributed by atoms with E-state index in [1.165, 1.54) is 5.56 Å². The molecular formula is C17H18INO. The van der Waals surface area contributed by atoms with Gasteiger partial charge < -0.3 is 5.32 Å². The molecule has 0 bridgehead atoms. The van der Waals surface area contributed by atoms with E-state index in [2.05, 4.69) is 66.0 Å². The van der Waals surface area contributed by atoms with Crippen LogP contribution in [0.2, 0.25) is 0 Å². The van der Waals surface area contributed by atoms with Crippen molar-refractivity contribution in [3.05, 3.63) is 68.8 Å². The molecule has 2 rings (SSSR count). The van der Waals surface area contributed by atoms with E-state index in [0.29, 0.717) is 5.56 Å². The third-order valence-electron chi connectivity index (χ3n) is 3.30. The van der Waals surface area contributed by atoms with Gasteiger partial charge >= 0.3 is 0 Å². The van der Waals surface area contributed by atoms with Gasteiger partial charge in [0.1, 0.15) is 0 Å². The van der Waals surface area contributed by atoms with Crippen molar-refractivity contribution >= 4 is 28.5 Å². The zero-order chi connectivity index (χ0) is 14.5. The van der Waals surface area contributed by atoms with E-state index in [1.807, 2.05) is 24.3 Å². The number of hydrogen-bond acceptors (Lipinski definition) is 1. The number of carbonyl (C=O) groups excluding carboxylic acids is 1. The van der Waals surface area contributed by atoms with Gasteiger partial charge in [0.25, 0.3) is 5.91 Å². The largest absolute Gasteiger partial charge is 0.345 e. The Balaban J connectivity index is 2.11. The van der Waals surface area contributed by atoms with Gasteiger partial charge in [-0.3, -0.25) is 4.79 Å². The predicted octanol–water partition coefficient (Wildman–Crippen LogP) is 4.48. The Kier molecular flexibility index (Phi) is 5.17. The first-order chi connectivity index (χ1) is 9.60. The molecule has 0 aliphatic heterocycles. The molecular weight excluding hydrogens is 361 g/mol. The molecule has 0 spiro atoms. The number of rotatable bonds is 4. The summed E-state index contributed by atoms with van der Waals surface area (Å²) in [5.74, 6) is -0.0196. The van der Waals surface area contributed by atoms with Crippen LogP contribution in [0.4, 0.5) is 0 Å². The second-order valence-corrected chi connectivity index (χ2v) is 6.10. The quantitative estimate of drug-likeness (QED) is 0.780. The fourth-order valence-corrected chi connectivity index (χ4v) is 2.42. The number of halogens is 1. The van der Waals surface area contributed by atoms with Crippen molar-refractivity contribution < 1.29 is 4.79 Å². The Morgan fingerprint density at radius 2 is 1.70 bits per heavy atom. The van der Waals surface area contributed by atoms with Gasteiger partial charge in [-0.05, 0) is 65.8 Å². The Morgan fingerprint density at radius 1 is 1.10 bits per heavy atom. The normalized spacial score (nSPS) is 11.9. The molecule has 1 atom stereocenters. The SMILES string of the molecule is CC[C@@H](NC(=O)c1ccc(I)cc1)c1ccc(C)cc1. The lowest BCUT2D eigenvalue weighted by molar-refractivity contribution is 0.0935. The number of amides is 1. The molecule has 0 saturated carbocycles. The minimum atomic E-state index is -0.0196. The molecule has 0 unspecified atom stereocenters. The number of nitrogens with one attached hydrogen (secondary N) is 1. The molecule has 0 heterocycles. The van der Waals surface area contributed by atoms with Crippen molar-refractivity contribution in [1.29, 1.82) is 0 Å². The Bertz CT molecular complexity index is 575. The van der Waals surface area contributed by atoms with Crippen molar-refractivity contribution in [2.45, 2.75) is 26.3 Å². The fraction of sp³-hybridized carbons (Fsp3) is 0.235. The minimum absolute atomic E-state index is 0.0196. The summed E-state index contributed by atoms with van der Waals surface area (Å²) < 4.78 is 1.13. The summed E-state index contributed by atoms with van der Waals surface area (Å²) in [5, 5.41) is 3.10. The van der Waals surface area contributed by atoms with Crippen LogP contribution in [0.15, 0.2) is 48.5 Å². The maximum atomic E-state index is 12.3. The van der Waals surface area contributed by atoms with Crippen molar-refractivity contribution in [2.24, 2.45) is 0 Å². The summed E-state index contributed by atoms with van der Waals surface area (Å²) in [7, 11) is 0.